The maximum Gasteiger partial charge on any atom is 0.254 e. The van der Waals surface area contributed by atoms with Crippen molar-refractivity contribution in [1.82, 2.24) is 4.90 Å². The van der Waals surface area contributed by atoms with E-state index in [0.717, 1.165) is 15.9 Å². The summed E-state index contributed by atoms with van der Waals surface area (Å²) in [6.07, 6.45) is 6.48. The second kappa shape index (κ2) is 6.80. The van der Waals surface area contributed by atoms with E-state index in [1.165, 1.54) is 32.1 Å². The zero-order chi connectivity index (χ0) is 13.8. The van der Waals surface area contributed by atoms with Crippen molar-refractivity contribution in [2.24, 2.45) is 5.92 Å². The minimum absolute atomic E-state index is 0.0772. The number of hydrogen-bond donors (Lipinski definition) is 1. The Labute approximate surface area is 129 Å². The van der Waals surface area contributed by atoms with Crippen LogP contribution in [0.1, 0.15) is 42.5 Å². The lowest BCUT2D eigenvalue weighted by atomic mass is 9.89. The number of rotatable bonds is 3. The van der Waals surface area contributed by atoms with E-state index >= 15 is 0 Å². The maximum absolute atomic E-state index is 12.5. The predicted molar refractivity (Wildman–Crippen MR) is 84.9 cm³/mol. The van der Waals surface area contributed by atoms with Crippen LogP contribution in [0.3, 0.4) is 0 Å². The highest BCUT2D eigenvalue weighted by Gasteiger charge is 2.20. The van der Waals surface area contributed by atoms with Crippen molar-refractivity contribution in [1.29, 1.82) is 0 Å². The summed E-state index contributed by atoms with van der Waals surface area (Å²) in [4.78, 5) is 15.1. The van der Waals surface area contributed by atoms with Gasteiger partial charge in [0.15, 0.2) is 0 Å². The second-order valence-electron chi connectivity index (χ2n) is 5.35. The highest BCUT2D eigenvalue weighted by atomic mass is 79.9. The number of nitrogens with zero attached hydrogens (tertiary/aromatic N) is 1. The van der Waals surface area contributed by atoms with Gasteiger partial charge in [-0.05, 0) is 52.9 Å². The van der Waals surface area contributed by atoms with Gasteiger partial charge in [0.05, 0.1) is 5.56 Å². The first-order valence-electron chi connectivity index (χ1n) is 6.82. The molecule has 0 unspecified atom stereocenters. The molecule has 0 atom stereocenters. The molecule has 4 heteroatoms. The van der Waals surface area contributed by atoms with Crippen LogP contribution in [0, 0.1) is 5.92 Å². The SMILES string of the molecule is CN(CC1CCCCC1)C(=O)c1cc(S)ccc1Br. The van der Waals surface area contributed by atoms with Crippen molar-refractivity contribution < 1.29 is 4.79 Å². The number of thiol groups is 1. The van der Waals surface area contributed by atoms with Gasteiger partial charge in [0, 0.05) is 23.0 Å². The predicted octanol–water partition coefficient (Wildman–Crippen LogP) is 4.39. The fourth-order valence-corrected chi connectivity index (χ4v) is 3.34. The summed E-state index contributed by atoms with van der Waals surface area (Å²) in [5, 5.41) is 0. The molecule has 1 aromatic carbocycles. The Bertz CT molecular complexity index is 457. The Hall–Kier alpha value is -0.480. The number of halogens is 1. The number of benzene rings is 1. The van der Waals surface area contributed by atoms with Crippen LogP contribution in [-0.4, -0.2) is 24.4 Å². The molecule has 19 heavy (non-hydrogen) atoms. The van der Waals surface area contributed by atoms with Gasteiger partial charge in [0.2, 0.25) is 0 Å². The summed E-state index contributed by atoms with van der Waals surface area (Å²) in [7, 11) is 1.90. The van der Waals surface area contributed by atoms with Gasteiger partial charge in [-0.3, -0.25) is 4.79 Å². The van der Waals surface area contributed by atoms with E-state index in [1.807, 2.05) is 30.1 Å². The molecular formula is C15H20BrNOS. The van der Waals surface area contributed by atoms with Crippen LogP contribution in [0.25, 0.3) is 0 Å². The van der Waals surface area contributed by atoms with Crippen molar-refractivity contribution in [3.63, 3.8) is 0 Å². The maximum atomic E-state index is 12.5. The highest BCUT2D eigenvalue weighted by molar-refractivity contribution is 9.10. The Kier molecular flexibility index (Phi) is 5.34. The Morgan fingerprint density at radius 3 is 2.74 bits per heavy atom. The van der Waals surface area contributed by atoms with Crippen LogP contribution in [-0.2, 0) is 0 Å². The lowest BCUT2D eigenvalue weighted by molar-refractivity contribution is 0.0759. The summed E-state index contributed by atoms with van der Waals surface area (Å²) in [6.45, 7) is 0.863. The minimum atomic E-state index is 0.0772. The smallest absolute Gasteiger partial charge is 0.254 e. The summed E-state index contributed by atoms with van der Waals surface area (Å²) in [5.74, 6) is 0.744. The van der Waals surface area contributed by atoms with Crippen molar-refractivity contribution in [2.45, 2.75) is 37.0 Å². The molecule has 0 bridgehead atoms. The molecule has 2 nitrogen and oxygen atoms in total. The molecule has 0 aliphatic heterocycles. The molecule has 1 amide bonds. The van der Waals surface area contributed by atoms with Gasteiger partial charge >= 0.3 is 0 Å². The van der Waals surface area contributed by atoms with Gasteiger partial charge in [-0.2, -0.15) is 0 Å². The Morgan fingerprint density at radius 2 is 2.05 bits per heavy atom. The third-order valence-corrected chi connectivity index (χ3v) is 4.75. The lowest BCUT2D eigenvalue weighted by Crippen LogP contribution is -2.32. The van der Waals surface area contributed by atoms with Gasteiger partial charge in [0.25, 0.3) is 5.91 Å². The number of carbonyl (C=O) groups is 1. The average molecular weight is 342 g/mol. The van der Waals surface area contributed by atoms with E-state index in [-0.39, 0.29) is 5.91 Å². The van der Waals surface area contributed by atoms with Crippen LogP contribution >= 0.6 is 28.6 Å². The molecule has 0 N–H and O–H groups in total. The monoisotopic (exact) mass is 341 g/mol. The molecule has 2 rings (SSSR count). The van der Waals surface area contributed by atoms with Crippen LogP contribution in [0.4, 0.5) is 0 Å². The first-order valence-corrected chi connectivity index (χ1v) is 8.06. The first kappa shape index (κ1) is 14.9. The Morgan fingerprint density at radius 1 is 1.37 bits per heavy atom. The topological polar surface area (TPSA) is 20.3 Å². The van der Waals surface area contributed by atoms with Gasteiger partial charge in [0.1, 0.15) is 0 Å². The van der Waals surface area contributed by atoms with Crippen molar-refractivity contribution in [3.05, 3.63) is 28.2 Å². The largest absolute Gasteiger partial charge is 0.341 e. The second-order valence-corrected chi connectivity index (χ2v) is 6.72. The third-order valence-electron chi connectivity index (χ3n) is 3.78. The zero-order valence-corrected chi connectivity index (χ0v) is 13.7. The molecule has 1 aliphatic carbocycles. The van der Waals surface area contributed by atoms with E-state index in [0.29, 0.717) is 11.5 Å². The summed E-state index contributed by atoms with van der Waals surface area (Å²) >= 11 is 7.75. The molecule has 0 heterocycles. The normalized spacial score (nSPS) is 16.4. The van der Waals surface area contributed by atoms with Crippen LogP contribution in [0.15, 0.2) is 27.6 Å². The molecule has 1 saturated carbocycles. The molecule has 0 saturated heterocycles. The molecule has 104 valence electrons. The van der Waals surface area contributed by atoms with Gasteiger partial charge in [-0.15, -0.1) is 12.6 Å². The van der Waals surface area contributed by atoms with Crippen molar-refractivity contribution in [2.75, 3.05) is 13.6 Å². The molecule has 0 aromatic heterocycles. The Balaban J connectivity index is 2.03. The minimum Gasteiger partial charge on any atom is -0.341 e. The first-order chi connectivity index (χ1) is 9.08. The van der Waals surface area contributed by atoms with E-state index in [9.17, 15) is 4.79 Å². The van der Waals surface area contributed by atoms with Crippen molar-refractivity contribution >= 4 is 34.5 Å². The van der Waals surface area contributed by atoms with Gasteiger partial charge in [-0.1, -0.05) is 19.3 Å². The number of hydrogen-bond acceptors (Lipinski definition) is 2. The molecule has 1 fully saturated rings. The molecule has 0 spiro atoms. The molecule has 1 aromatic rings. The molecule has 1 aliphatic rings. The van der Waals surface area contributed by atoms with E-state index < -0.39 is 0 Å². The van der Waals surface area contributed by atoms with Gasteiger partial charge in [-0.25, -0.2) is 0 Å². The highest BCUT2D eigenvalue weighted by Crippen LogP contribution is 2.26. The fourth-order valence-electron chi connectivity index (χ4n) is 2.72. The van der Waals surface area contributed by atoms with Crippen LogP contribution in [0.2, 0.25) is 0 Å². The van der Waals surface area contributed by atoms with Gasteiger partial charge < -0.3 is 4.90 Å². The zero-order valence-electron chi connectivity index (χ0n) is 11.2. The van der Waals surface area contributed by atoms with Crippen LogP contribution in [0.5, 0.6) is 0 Å². The lowest BCUT2D eigenvalue weighted by Gasteiger charge is -2.27. The number of amides is 1. The molecule has 0 radical (unpaired) electrons. The summed E-state index contributed by atoms with van der Waals surface area (Å²) < 4.78 is 0.839. The standard InChI is InChI=1S/C15H20BrNOS/c1-17(10-11-5-3-2-4-6-11)15(18)13-9-12(19)7-8-14(13)16/h7-9,11,19H,2-6,10H2,1H3. The fraction of sp³-hybridized carbons (Fsp3) is 0.533. The average Bonchev–Trinajstić information content (AvgIpc) is 2.42. The summed E-state index contributed by atoms with van der Waals surface area (Å²) in [6, 6.07) is 5.59. The third kappa shape index (κ3) is 3.99. The van der Waals surface area contributed by atoms with E-state index in [2.05, 4.69) is 28.6 Å². The van der Waals surface area contributed by atoms with Crippen molar-refractivity contribution in [3.8, 4) is 0 Å². The molecular weight excluding hydrogens is 322 g/mol. The quantitative estimate of drug-likeness (QED) is 0.808. The van der Waals surface area contributed by atoms with Crippen LogP contribution < -0.4 is 0 Å². The van der Waals surface area contributed by atoms with E-state index in [1.54, 1.807) is 0 Å². The number of carbonyl (C=O) groups excluding carboxylic acids is 1. The summed E-state index contributed by atoms with van der Waals surface area (Å²) in [5.41, 5.74) is 0.700. The van der Waals surface area contributed by atoms with E-state index in [4.69, 9.17) is 0 Å².